The van der Waals surface area contributed by atoms with Gasteiger partial charge in [-0.3, -0.25) is 4.98 Å². The van der Waals surface area contributed by atoms with Crippen LogP contribution in [-0.2, 0) is 16.0 Å². The van der Waals surface area contributed by atoms with Gasteiger partial charge in [-0.1, -0.05) is 0 Å². The highest BCUT2D eigenvalue weighted by atomic mass is 16.5. The highest BCUT2D eigenvalue weighted by Crippen LogP contribution is 2.15. The van der Waals surface area contributed by atoms with Crippen molar-refractivity contribution in [1.82, 2.24) is 4.98 Å². The minimum absolute atomic E-state index is 0.438. The molecular formula is C12H20N2O3. The summed E-state index contributed by atoms with van der Waals surface area (Å²) in [6.07, 6.45) is 4.27. The van der Waals surface area contributed by atoms with Crippen molar-refractivity contribution in [3.8, 4) is 5.75 Å². The summed E-state index contributed by atoms with van der Waals surface area (Å²) in [4.78, 5) is 4.00. The summed E-state index contributed by atoms with van der Waals surface area (Å²) < 4.78 is 15.8. The molecule has 0 aliphatic carbocycles. The average Bonchev–Trinajstić information content (AvgIpc) is 2.38. The molecule has 2 N–H and O–H groups in total. The van der Waals surface area contributed by atoms with E-state index in [-0.39, 0.29) is 0 Å². The third-order valence-corrected chi connectivity index (χ3v) is 2.20. The van der Waals surface area contributed by atoms with Gasteiger partial charge in [0.05, 0.1) is 19.8 Å². The van der Waals surface area contributed by atoms with Crippen molar-refractivity contribution in [2.75, 3.05) is 33.5 Å². The zero-order valence-corrected chi connectivity index (χ0v) is 10.2. The highest BCUT2D eigenvalue weighted by Gasteiger charge is 2.00. The number of nitrogens with zero attached hydrogens (tertiary/aromatic N) is 1. The van der Waals surface area contributed by atoms with Gasteiger partial charge in [0.15, 0.2) is 0 Å². The Balaban J connectivity index is 2.13. The molecular weight excluding hydrogens is 220 g/mol. The van der Waals surface area contributed by atoms with Crippen molar-refractivity contribution in [3.05, 3.63) is 24.0 Å². The molecule has 1 aromatic heterocycles. The molecule has 0 unspecified atom stereocenters. The van der Waals surface area contributed by atoms with Crippen molar-refractivity contribution >= 4 is 0 Å². The fourth-order valence-corrected chi connectivity index (χ4v) is 1.30. The third-order valence-electron chi connectivity index (χ3n) is 2.20. The van der Waals surface area contributed by atoms with Crippen LogP contribution in [0, 0.1) is 0 Å². The Labute approximate surface area is 102 Å². The number of methoxy groups -OCH3 is 1. The number of pyridine rings is 1. The van der Waals surface area contributed by atoms with Gasteiger partial charge < -0.3 is 19.9 Å². The minimum atomic E-state index is 0.438. The van der Waals surface area contributed by atoms with Gasteiger partial charge in [0.2, 0.25) is 0 Å². The van der Waals surface area contributed by atoms with E-state index in [0.29, 0.717) is 33.0 Å². The van der Waals surface area contributed by atoms with Crippen molar-refractivity contribution in [2.45, 2.75) is 13.0 Å². The Kier molecular flexibility index (Phi) is 7.29. The Morgan fingerprint density at radius 2 is 2.12 bits per heavy atom. The van der Waals surface area contributed by atoms with Gasteiger partial charge in [0.25, 0.3) is 0 Å². The molecule has 0 aliphatic heterocycles. The number of rotatable bonds is 9. The van der Waals surface area contributed by atoms with Gasteiger partial charge in [0, 0.05) is 44.6 Å². The lowest BCUT2D eigenvalue weighted by molar-refractivity contribution is 0.0644. The van der Waals surface area contributed by atoms with Crippen molar-refractivity contribution < 1.29 is 14.2 Å². The first-order chi connectivity index (χ1) is 8.38. The zero-order chi connectivity index (χ0) is 12.3. The average molecular weight is 240 g/mol. The second kappa shape index (κ2) is 8.92. The predicted octanol–water partition coefficient (Wildman–Crippen LogP) is 0.972. The lowest BCUT2D eigenvalue weighted by Gasteiger charge is -2.09. The van der Waals surface area contributed by atoms with Gasteiger partial charge in [-0.15, -0.1) is 0 Å². The Bertz CT molecular complexity index is 308. The van der Waals surface area contributed by atoms with Gasteiger partial charge in [-0.25, -0.2) is 0 Å². The molecule has 0 fully saturated rings. The molecule has 17 heavy (non-hydrogen) atoms. The van der Waals surface area contributed by atoms with E-state index in [2.05, 4.69) is 4.98 Å². The maximum absolute atomic E-state index is 5.60. The summed E-state index contributed by atoms with van der Waals surface area (Å²) in [6.45, 7) is 2.98. The van der Waals surface area contributed by atoms with Crippen LogP contribution in [0.25, 0.3) is 0 Å². The van der Waals surface area contributed by atoms with E-state index < -0.39 is 0 Å². The summed E-state index contributed by atoms with van der Waals surface area (Å²) in [5.41, 5.74) is 6.50. The molecule has 0 amide bonds. The number of hydrogen-bond donors (Lipinski definition) is 1. The second-order valence-electron chi connectivity index (χ2n) is 3.49. The molecule has 0 aromatic carbocycles. The van der Waals surface area contributed by atoms with Gasteiger partial charge >= 0.3 is 0 Å². The van der Waals surface area contributed by atoms with Gasteiger partial charge in [0.1, 0.15) is 5.75 Å². The third kappa shape index (κ3) is 5.63. The van der Waals surface area contributed by atoms with Crippen molar-refractivity contribution in [2.24, 2.45) is 5.73 Å². The first kappa shape index (κ1) is 13.9. The summed E-state index contributed by atoms with van der Waals surface area (Å²) in [5.74, 6) is 0.805. The molecule has 1 heterocycles. The Morgan fingerprint density at radius 1 is 1.24 bits per heavy atom. The molecule has 0 bridgehead atoms. The molecule has 0 aliphatic rings. The molecule has 1 rings (SSSR count). The van der Waals surface area contributed by atoms with Crippen molar-refractivity contribution in [3.63, 3.8) is 0 Å². The first-order valence-corrected chi connectivity index (χ1v) is 5.71. The second-order valence-corrected chi connectivity index (χ2v) is 3.49. The SMILES string of the molecule is COCCOCCCOc1ccncc1CN. The van der Waals surface area contributed by atoms with Crippen LogP contribution in [0.2, 0.25) is 0 Å². The van der Waals surface area contributed by atoms with E-state index in [1.807, 2.05) is 6.07 Å². The molecule has 0 atom stereocenters. The van der Waals surface area contributed by atoms with E-state index in [0.717, 1.165) is 17.7 Å². The summed E-state index contributed by atoms with van der Waals surface area (Å²) >= 11 is 0. The smallest absolute Gasteiger partial charge is 0.126 e. The zero-order valence-electron chi connectivity index (χ0n) is 10.2. The number of aromatic nitrogens is 1. The number of nitrogens with two attached hydrogens (primary N) is 1. The molecule has 0 spiro atoms. The quantitative estimate of drug-likeness (QED) is 0.651. The summed E-state index contributed by atoms with van der Waals surface area (Å²) in [5, 5.41) is 0. The van der Waals surface area contributed by atoms with Crippen LogP contribution in [0.15, 0.2) is 18.5 Å². The van der Waals surface area contributed by atoms with E-state index in [1.165, 1.54) is 0 Å². The van der Waals surface area contributed by atoms with E-state index >= 15 is 0 Å². The van der Waals surface area contributed by atoms with E-state index in [4.69, 9.17) is 19.9 Å². The maximum atomic E-state index is 5.60. The molecule has 96 valence electrons. The fourth-order valence-electron chi connectivity index (χ4n) is 1.30. The largest absolute Gasteiger partial charge is 0.493 e. The topological polar surface area (TPSA) is 66.6 Å². The number of ether oxygens (including phenoxy) is 3. The van der Waals surface area contributed by atoms with Gasteiger partial charge in [-0.2, -0.15) is 0 Å². The predicted molar refractivity (Wildman–Crippen MR) is 64.9 cm³/mol. The minimum Gasteiger partial charge on any atom is -0.493 e. The Morgan fingerprint density at radius 3 is 2.88 bits per heavy atom. The maximum Gasteiger partial charge on any atom is 0.126 e. The van der Waals surface area contributed by atoms with E-state index in [1.54, 1.807) is 19.5 Å². The number of hydrogen-bond acceptors (Lipinski definition) is 5. The fraction of sp³-hybridized carbons (Fsp3) is 0.583. The van der Waals surface area contributed by atoms with Gasteiger partial charge in [-0.05, 0) is 6.07 Å². The summed E-state index contributed by atoms with van der Waals surface area (Å²) in [6, 6.07) is 1.83. The lowest BCUT2D eigenvalue weighted by Crippen LogP contribution is -2.08. The summed E-state index contributed by atoms with van der Waals surface area (Å²) in [7, 11) is 1.66. The standard InChI is InChI=1S/C12H20N2O3/c1-15-7-8-16-5-2-6-17-12-3-4-14-10-11(12)9-13/h3-4,10H,2,5-9,13H2,1H3. The van der Waals surface area contributed by atoms with Crippen LogP contribution >= 0.6 is 0 Å². The normalized spacial score (nSPS) is 10.5. The molecule has 0 saturated heterocycles. The molecule has 0 saturated carbocycles. The molecule has 1 aromatic rings. The van der Waals surface area contributed by atoms with Crippen LogP contribution in [0.1, 0.15) is 12.0 Å². The molecule has 0 radical (unpaired) electrons. The first-order valence-electron chi connectivity index (χ1n) is 5.71. The molecule has 5 heteroatoms. The van der Waals surface area contributed by atoms with Crippen LogP contribution in [-0.4, -0.2) is 38.5 Å². The van der Waals surface area contributed by atoms with Crippen LogP contribution in [0.3, 0.4) is 0 Å². The lowest BCUT2D eigenvalue weighted by atomic mass is 10.2. The highest BCUT2D eigenvalue weighted by molar-refractivity contribution is 5.29. The van der Waals surface area contributed by atoms with Crippen LogP contribution in [0.5, 0.6) is 5.75 Å². The monoisotopic (exact) mass is 240 g/mol. The molecule has 5 nitrogen and oxygen atoms in total. The van der Waals surface area contributed by atoms with Crippen LogP contribution in [0.4, 0.5) is 0 Å². The van der Waals surface area contributed by atoms with Crippen molar-refractivity contribution in [1.29, 1.82) is 0 Å². The van der Waals surface area contributed by atoms with Crippen LogP contribution < -0.4 is 10.5 Å². The van der Waals surface area contributed by atoms with E-state index in [9.17, 15) is 0 Å². The Hall–Kier alpha value is -1.17.